The number of thioether (sulfide) groups is 2. The van der Waals surface area contributed by atoms with Crippen LogP contribution in [0.5, 0.6) is 0 Å². The van der Waals surface area contributed by atoms with Gasteiger partial charge in [0.1, 0.15) is 0 Å². The minimum atomic E-state index is 1.29. The quantitative estimate of drug-likeness (QED) is 0.630. The Balaban J connectivity index is 2.08. The lowest BCUT2D eigenvalue weighted by molar-refractivity contribution is 1.12. The fraction of sp³-hybridized carbons (Fsp3) is 0.300. The maximum absolute atomic E-state index is 2.20. The van der Waals surface area contributed by atoms with Gasteiger partial charge in [-0.2, -0.15) is 41.2 Å². The highest BCUT2D eigenvalue weighted by atomic mass is 32.2. The molecule has 0 amide bonds. The monoisotopic (exact) mass is 195 g/mol. The van der Waals surface area contributed by atoms with Gasteiger partial charge in [-0.3, -0.25) is 0 Å². The van der Waals surface area contributed by atoms with Crippen molar-refractivity contribution < 1.29 is 0 Å². The van der Waals surface area contributed by atoms with Gasteiger partial charge in [0.25, 0.3) is 0 Å². The van der Waals surface area contributed by atoms with E-state index in [2.05, 4.69) is 30.3 Å². The van der Waals surface area contributed by atoms with Crippen LogP contribution in [0.15, 0.2) is 30.3 Å². The number of rotatable bonds is 1. The smallest absolute Gasteiger partial charge is 0.0128 e. The summed E-state index contributed by atoms with van der Waals surface area (Å²) in [7, 11) is 0. The Morgan fingerprint density at radius 2 is 1.67 bits per heavy atom. The lowest BCUT2D eigenvalue weighted by Gasteiger charge is -2.28. The highest BCUT2D eigenvalue weighted by Crippen LogP contribution is 2.42. The summed E-state index contributed by atoms with van der Waals surface area (Å²) in [6.45, 7) is 0. The molecule has 1 aromatic rings. The first-order chi connectivity index (χ1) is 5.97. The van der Waals surface area contributed by atoms with Crippen LogP contribution in [0.4, 0.5) is 0 Å². The second-order valence-corrected chi connectivity index (χ2v) is 5.17. The maximum atomic E-state index is 2.20. The first kappa shape index (κ1) is 8.39. The molecule has 0 saturated carbocycles. The molecule has 2 heteroatoms. The van der Waals surface area contributed by atoms with E-state index in [0.29, 0.717) is 0 Å². The summed E-state index contributed by atoms with van der Waals surface area (Å²) in [6, 6.07) is 10.7. The summed E-state index contributed by atoms with van der Waals surface area (Å²) in [4.78, 5) is 0. The first-order valence-electron chi connectivity index (χ1n) is 4.15. The summed E-state index contributed by atoms with van der Waals surface area (Å²) >= 11 is 3.99. The molecule has 0 radical (unpaired) electrons. The molecule has 1 aliphatic rings. The van der Waals surface area contributed by atoms with Crippen molar-refractivity contribution in [2.24, 2.45) is 0 Å². The molecule has 0 aliphatic carbocycles. The van der Waals surface area contributed by atoms with Crippen molar-refractivity contribution in [1.29, 1.82) is 0 Å². The minimum Gasteiger partial charge on any atom is -0.188 e. The molecule has 1 aliphatic heterocycles. The van der Waals surface area contributed by atoms with Crippen LogP contribution in [-0.4, -0.2) is 11.5 Å². The predicted molar refractivity (Wildman–Crippen MR) is 58.3 cm³/mol. The van der Waals surface area contributed by atoms with Crippen LogP contribution in [0.2, 0.25) is 0 Å². The van der Waals surface area contributed by atoms with Crippen LogP contribution in [0.25, 0.3) is 0 Å². The topological polar surface area (TPSA) is 0 Å². The van der Waals surface area contributed by atoms with Crippen molar-refractivity contribution in [3.05, 3.63) is 40.5 Å². The molecule has 1 saturated heterocycles. The van der Waals surface area contributed by atoms with Gasteiger partial charge in [0.2, 0.25) is 0 Å². The van der Waals surface area contributed by atoms with Gasteiger partial charge >= 0.3 is 0 Å². The van der Waals surface area contributed by atoms with E-state index in [9.17, 15) is 0 Å². The van der Waals surface area contributed by atoms with E-state index in [4.69, 9.17) is 0 Å². The molecule has 1 aromatic carbocycles. The van der Waals surface area contributed by atoms with E-state index in [1.807, 2.05) is 23.5 Å². The minimum absolute atomic E-state index is 1.29. The van der Waals surface area contributed by atoms with Crippen LogP contribution < -0.4 is 0 Å². The summed E-state index contributed by atoms with van der Waals surface area (Å²) < 4.78 is 1.50. The number of benzene rings is 1. The van der Waals surface area contributed by atoms with E-state index >= 15 is 0 Å². The maximum Gasteiger partial charge on any atom is -0.0128 e. The first-order valence-corrected chi connectivity index (χ1v) is 6.12. The standard InChI is InChI=1S/C10H11S2/c1-2-5-9(6-3-1)10-11-7-4-8-12-10/h1-3,5-6H,4,7-8H2/q-1. The Bertz CT molecular complexity index is 227. The molecule has 2 rings (SSSR count). The fourth-order valence-corrected chi connectivity index (χ4v) is 3.74. The average molecular weight is 195 g/mol. The molecule has 12 heavy (non-hydrogen) atoms. The van der Waals surface area contributed by atoms with Crippen molar-refractivity contribution in [2.45, 2.75) is 6.42 Å². The normalized spacial score (nSPS) is 17.8. The molecule has 0 spiro atoms. The Morgan fingerprint density at radius 3 is 2.33 bits per heavy atom. The van der Waals surface area contributed by atoms with Crippen LogP contribution in [-0.2, 0) is 0 Å². The van der Waals surface area contributed by atoms with E-state index in [1.165, 1.54) is 28.1 Å². The van der Waals surface area contributed by atoms with Gasteiger partial charge in [0.05, 0.1) is 0 Å². The summed E-state index contributed by atoms with van der Waals surface area (Å²) in [6.07, 6.45) is 1.35. The number of hydrogen-bond acceptors (Lipinski definition) is 2. The second kappa shape index (κ2) is 4.15. The molecule has 0 aromatic heterocycles. The van der Waals surface area contributed by atoms with Crippen molar-refractivity contribution in [3.63, 3.8) is 0 Å². The lowest BCUT2D eigenvalue weighted by Crippen LogP contribution is -2.00. The highest BCUT2D eigenvalue weighted by molar-refractivity contribution is 8.21. The molecule has 0 nitrogen and oxygen atoms in total. The van der Waals surface area contributed by atoms with Gasteiger partial charge in [0, 0.05) is 0 Å². The van der Waals surface area contributed by atoms with E-state index in [-0.39, 0.29) is 0 Å². The van der Waals surface area contributed by atoms with E-state index in [1.54, 1.807) is 0 Å². The lowest BCUT2D eigenvalue weighted by atomic mass is 10.2. The largest absolute Gasteiger partial charge is 0.188 e. The molecular formula is C10H11S2-. The fourth-order valence-electron chi connectivity index (χ4n) is 1.17. The van der Waals surface area contributed by atoms with Gasteiger partial charge in [0.15, 0.2) is 0 Å². The third-order valence-electron chi connectivity index (χ3n) is 1.76. The Kier molecular flexibility index (Phi) is 2.90. The molecule has 0 bridgehead atoms. The number of hydrogen-bond donors (Lipinski definition) is 0. The van der Waals surface area contributed by atoms with Crippen LogP contribution in [0.3, 0.4) is 0 Å². The molecule has 64 valence electrons. The van der Waals surface area contributed by atoms with Crippen molar-refractivity contribution in [1.82, 2.24) is 0 Å². The van der Waals surface area contributed by atoms with Gasteiger partial charge in [-0.1, -0.05) is 10.6 Å². The molecule has 1 heterocycles. The Morgan fingerprint density at radius 1 is 1.00 bits per heavy atom. The third kappa shape index (κ3) is 1.93. The van der Waals surface area contributed by atoms with Crippen LogP contribution >= 0.6 is 23.5 Å². The van der Waals surface area contributed by atoms with Crippen molar-refractivity contribution >= 4 is 23.5 Å². The predicted octanol–water partition coefficient (Wildman–Crippen LogP) is 3.39. The average Bonchev–Trinajstić information content (AvgIpc) is 2.21. The summed E-state index contributed by atoms with van der Waals surface area (Å²) in [5.41, 5.74) is 1.40. The van der Waals surface area contributed by atoms with Gasteiger partial charge in [-0.15, -0.1) is 12.1 Å². The second-order valence-electron chi connectivity index (χ2n) is 2.70. The molecule has 1 fully saturated rings. The molecule has 0 atom stereocenters. The zero-order chi connectivity index (χ0) is 8.23. The van der Waals surface area contributed by atoms with Crippen molar-refractivity contribution in [3.8, 4) is 0 Å². The SMILES string of the molecule is c1ccc([C-]2SCCCS2)cc1. The summed E-state index contributed by atoms with van der Waals surface area (Å²) in [5.74, 6) is 2.58. The van der Waals surface area contributed by atoms with Crippen LogP contribution in [0, 0.1) is 4.58 Å². The van der Waals surface area contributed by atoms with Crippen LogP contribution in [0.1, 0.15) is 12.0 Å². The van der Waals surface area contributed by atoms with Gasteiger partial charge < -0.3 is 0 Å². The van der Waals surface area contributed by atoms with E-state index in [0.717, 1.165) is 0 Å². The zero-order valence-corrected chi connectivity index (χ0v) is 8.46. The van der Waals surface area contributed by atoms with Gasteiger partial charge in [-0.25, -0.2) is 0 Å². The molecule has 0 N–H and O–H groups in total. The van der Waals surface area contributed by atoms with Crippen molar-refractivity contribution in [2.75, 3.05) is 11.5 Å². The van der Waals surface area contributed by atoms with E-state index < -0.39 is 0 Å². The Labute approximate surface area is 82.1 Å². The van der Waals surface area contributed by atoms with Gasteiger partial charge in [-0.05, 0) is 17.9 Å². The molecule has 0 unspecified atom stereocenters. The third-order valence-corrected chi connectivity index (χ3v) is 4.45. The molecular weight excluding hydrogens is 184 g/mol. The highest BCUT2D eigenvalue weighted by Gasteiger charge is 2.07. The Hall–Kier alpha value is -0.210. The zero-order valence-electron chi connectivity index (χ0n) is 6.82. The summed E-state index contributed by atoms with van der Waals surface area (Å²) in [5, 5.41) is 0.